The number of nitrogens with zero attached hydrogens (tertiary/aromatic N) is 1. The van der Waals surface area contributed by atoms with E-state index in [1.165, 1.54) is 10.6 Å². The van der Waals surface area contributed by atoms with Crippen LogP contribution in [0.5, 0.6) is 11.5 Å². The zero-order valence-electron chi connectivity index (χ0n) is 16.5. The van der Waals surface area contributed by atoms with Crippen molar-refractivity contribution in [3.63, 3.8) is 0 Å². The third-order valence-corrected chi connectivity index (χ3v) is 5.76. The van der Waals surface area contributed by atoms with Crippen LogP contribution in [0.25, 0.3) is 22.0 Å². The molecular formula is C23H20F2N2O2S. The number of hydrogen-bond acceptors (Lipinski definition) is 3. The van der Waals surface area contributed by atoms with Crippen molar-refractivity contribution in [1.82, 2.24) is 9.55 Å². The van der Waals surface area contributed by atoms with Crippen LogP contribution in [0.3, 0.4) is 0 Å². The molecule has 0 radical (unpaired) electrons. The van der Waals surface area contributed by atoms with Gasteiger partial charge in [-0.25, -0.2) is 8.78 Å². The summed E-state index contributed by atoms with van der Waals surface area (Å²) in [7, 11) is 1.68. The predicted molar refractivity (Wildman–Crippen MR) is 117 cm³/mol. The SMILES string of the molecule is CCSCc1ccc(Oc2ccc(F)cc2F)c(-c2cn(C)c(=O)c3[nH]ccc23)c1. The highest BCUT2D eigenvalue weighted by Gasteiger charge is 2.17. The van der Waals surface area contributed by atoms with E-state index in [-0.39, 0.29) is 11.3 Å². The Morgan fingerprint density at radius 2 is 1.87 bits per heavy atom. The molecule has 0 unspecified atom stereocenters. The molecule has 7 heteroatoms. The molecule has 0 amide bonds. The van der Waals surface area contributed by atoms with Gasteiger partial charge in [-0.3, -0.25) is 4.79 Å². The van der Waals surface area contributed by atoms with Crippen molar-refractivity contribution < 1.29 is 13.5 Å². The van der Waals surface area contributed by atoms with E-state index in [9.17, 15) is 13.6 Å². The summed E-state index contributed by atoms with van der Waals surface area (Å²) in [5, 5.41) is 0.753. The van der Waals surface area contributed by atoms with Gasteiger partial charge < -0.3 is 14.3 Å². The van der Waals surface area contributed by atoms with Crippen LogP contribution in [0.1, 0.15) is 12.5 Å². The minimum atomic E-state index is -0.779. The molecule has 2 aromatic carbocycles. The second-order valence-corrected chi connectivity index (χ2v) is 8.14. The average Bonchev–Trinajstić information content (AvgIpc) is 3.22. The number of aromatic amines is 1. The quantitative estimate of drug-likeness (QED) is 0.420. The number of aryl methyl sites for hydroxylation is 1. The third kappa shape index (κ3) is 3.85. The second-order valence-electron chi connectivity index (χ2n) is 6.87. The Kier molecular flexibility index (Phi) is 5.63. The van der Waals surface area contributed by atoms with Crippen LogP contribution in [0.2, 0.25) is 0 Å². The first-order valence-electron chi connectivity index (χ1n) is 9.48. The summed E-state index contributed by atoms with van der Waals surface area (Å²) in [6, 6.07) is 10.8. The standard InChI is InChI=1S/C23H20F2N2O2S/c1-3-30-13-14-4-6-20(29-21-7-5-15(24)11-19(21)25)17(10-14)18-12-27(2)23(28)22-16(18)8-9-26-22/h4-12,26H,3,13H2,1-2H3. The van der Waals surface area contributed by atoms with Gasteiger partial charge in [-0.1, -0.05) is 13.0 Å². The van der Waals surface area contributed by atoms with E-state index >= 15 is 0 Å². The van der Waals surface area contributed by atoms with Gasteiger partial charge in [0.25, 0.3) is 5.56 Å². The number of thioether (sulfide) groups is 1. The molecule has 0 aliphatic heterocycles. The summed E-state index contributed by atoms with van der Waals surface area (Å²) < 4.78 is 34.9. The Morgan fingerprint density at radius 1 is 1.07 bits per heavy atom. The number of rotatable bonds is 6. The molecule has 4 nitrogen and oxygen atoms in total. The van der Waals surface area contributed by atoms with Crippen LogP contribution >= 0.6 is 11.8 Å². The molecular weight excluding hydrogens is 406 g/mol. The molecule has 2 heterocycles. The lowest BCUT2D eigenvalue weighted by atomic mass is 10.0. The van der Waals surface area contributed by atoms with E-state index in [2.05, 4.69) is 11.9 Å². The molecule has 0 saturated carbocycles. The highest BCUT2D eigenvalue weighted by Crippen LogP contribution is 2.38. The zero-order chi connectivity index (χ0) is 21.3. The highest BCUT2D eigenvalue weighted by atomic mass is 32.2. The van der Waals surface area contributed by atoms with Gasteiger partial charge in [-0.05, 0) is 41.6 Å². The fourth-order valence-corrected chi connectivity index (χ4v) is 3.97. The lowest BCUT2D eigenvalue weighted by molar-refractivity contribution is 0.439. The predicted octanol–water partition coefficient (Wildman–Crippen LogP) is 5.86. The van der Waals surface area contributed by atoms with Crippen molar-refractivity contribution in [2.24, 2.45) is 7.05 Å². The molecule has 154 valence electrons. The highest BCUT2D eigenvalue weighted by molar-refractivity contribution is 7.98. The summed E-state index contributed by atoms with van der Waals surface area (Å²) in [4.78, 5) is 15.4. The molecule has 0 aliphatic rings. The molecule has 1 N–H and O–H groups in total. The third-order valence-electron chi connectivity index (χ3n) is 4.81. The lowest BCUT2D eigenvalue weighted by Crippen LogP contribution is -2.16. The van der Waals surface area contributed by atoms with Gasteiger partial charge >= 0.3 is 0 Å². The van der Waals surface area contributed by atoms with Gasteiger partial charge in [-0.2, -0.15) is 11.8 Å². The van der Waals surface area contributed by atoms with Crippen LogP contribution in [0, 0.1) is 11.6 Å². The molecule has 4 rings (SSSR count). The first-order valence-corrected chi connectivity index (χ1v) is 10.6. The van der Waals surface area contributed by atoms with Gasteiger partial charge in [0, 0.05) is 47.8 Å². The molecule has 0 spiro atoms. The average molecular weight is 426 g/mol. The Bertz CT molecular complexity index is 1280. The van der Waals surface area contributed by atoms with Gasteiger partial charge in [0.2, 0.25) is 0 Å². The minimum absolute atomic E-state index is 0.0662. The summed E-state index contributed by atoms with van der Waals surface area (Å²) in [5.41, 5.74) is 2.95. The summed E-state index contributed by atoms with van der Waals surface area (Å²) in [5.74, 6) is 0.709. The maximum Gasteiger partial charge on any atom is 0.274 e. The van der Waals surface area contributed by atoms with Crippen LogP contribution < -0.4 is 10.3 Å². The van der Waals surface area contributed by atoms with Crippen LogP contribution in [-0.4, -0.2) is 15.3 Å². The van der Waals surface area contributed by atoms with Gasteiger partial charge in [0.05, 0.1) is 0 Å². The Hall–Kier alpha value is -3.06. The van der Waals surface area contributed by atoms with E-state index in [0.29, 0.717) is 11.3 Å². The maximum atomic E-state index is 14.2. The number of pyridine rings is 1. The summed E-state index contributed by atoms with van der Waals surface area (Å²) >= 11 is 1.79. The number of nitrogens with one attached hydrogen (secondary N) is 1. The van der Waals surface area contributed by atoms with Crippen molar-refractivity contribution in [3.8, 4) is 22.6 Å². The van der Waals surface area contributed by atoms with Crippen molar-refractivity contribution >= 4 is 22.7 Å². The van der Waals surface area contributed by atoms with E-state index in [1.54, 1.807) is 37.3 Å². The van der Waals surface area contributed by atoms with Gasteiger partial charge in [0.15, 0.2) is 11.6 Å². The maximum absolute atomic E-state index is 14.2. The first-order chi connectivity index (χ1) is 14.5. The van der Waals surface area contributed by atoms with Crippen molar-refractivity contribution in [2.75, 3.05) is 5.75 Å². The number of halogens is 2. The minimum Gasteiger partial charge on any atom is -0.454 e. The number of aromatic nitrogens is 2. The zero-order valence-corrected chi connectivity index (χ0v) is 17.4. The fraction of sp³-hybridized carbons (Fsp3) is 0.174. The summed E-state index contributed by atoms with van der Waals surface area (Å²) in [6.45, 7) is 2.09. The smallest absolute Gasteiger partial charge is 0.274 e. The van der Waals surface area contributed by atoms with Crippen LogP contribution in [-0.2, 0) is 12.8 Å². The largest absolute Gasteiger partial charge is 0.454 e. The second kappa shape index (κ2) is 8.36. The fourth-order valence-electron chi connectivity index (χ4n) is 3.35. The molecule has 0 fully saturated rings. The van der Waals surface area contributed by atoms with Crippen LogP contribution in [0.4, 0.5) is 8.78 Å². The molecule has 0 aliphatic carbocycles. The van der Waals surface area contributed by atoms with Gasteiger partial charge in [-0.15, -0.1) is 0 Å². The van der Waals surface area contributed by atoms with E-state index in [4.69, 9.17) is 4.74 Å². The van der Waals surface area contributed by atoms with Crippen molar-refractivity contribution in [2.45, 2.75) is 12.7 Å². The van der Waals surface area contributed by atoms with E-state index in [1.807, 2.05) is 18.2 Å². The Balaban J connectivity index is 1.89. The lowest BCUT2D eigenvalue weighted by Gasteiger charge is -2.15. The molecule has 0 bridgehead atoms. The molecule has 30 heavy (non-hydrogen) atoms. The molecule has 0 atom stereocenters. The van der Waals surface area contributed by atoms with Crippen molar-refractivity contribution in [3.05, 3.63) is 82.4 Å². The van der Waals surface area contributed by atoms with E-state index < -0.39 is 11.6 Å². The number of benzene rings is 2. The molecule has 4 aromatic rings. The summed E-state index contributed by atoms with van der Waals surface area (Å²) in [6.07, 6.45) is 3.46. The van der Waals surface area contributed by atoms with Gasteiger partial charge in [0.1, 0.15) is 17.1 Å². The van der Waals surface area contributed by atoms with Crippen molar-refractivity contribution in [1.29, 1.82) is 0 Å². The number of fused-ring (bicyclic) bond motifs is 1. The monoisotopic (exact) mass is 426 g/mol. The number of ether oxygens (including phenoxy) is 1. The van der Waals surface area contributed by atoms with E-state index in [0.717, 1.165) is 45.7 Å². The number of H-pyrrole nitrogens is 1. The first kappa shape index (κ1) is 20.2. The molecule has 0 saturated heterocycles. The molecule has 2 aromatic heterocycles. The topological polar surface area (TPSA) is 47.0 Å². The number of hydrogen-bond donors (Lipinski definition) is 1. The Morgan fingerprint density at radius 3 is 2.63 bits per heavy atom. The normalized spacial score (nSPS) is 11.2. The Labute approximate surface area is 176 Å². The van der Waals surface area contributed by atoms with Crippen LogP contribution in [0.15, 0.2) is 59.7 Å².